The van der Waals surface area contributed by atoms with Crippen LogP contribution in [0.2, 0.25) is 0 Å². The average Bonchev–Trinajstić information content (AvgIpc) is 2.33. The van der Waals surface area contributed by atoms with Crippen LogP contribution in [0, 0.1) is 0 Å². The Hall–Kier alpha value is -0.320. The minimum Gasteiger partial charge on any atom is -0.343 e. The number of carbonyl (C=O) groups is 1. The number of rotatable bonds is 1. The van der Waals surface area contributed by atoms with Gasteiger partial charge in [0.05, 0.1) is 0 Å². The van der Waals surface area contributed by atoms with Crippen LogP contribution >= 0.6 is 0 Å². The van der Waals surface area contributed by atoms with E-state index in [1.165, 1.54) is 4.90 Å². The van der Waals surface area contributed by atoms with Crippen molar-refractivity contribution in [2.45, 2.75) is 0 Å². The Balaban J connectivity index is 0.00000121. The molecular formula is C7H11N3NaO. The van der Waals surface area contributed by atoms with Crippen molar-refractivity contribution >= 4 is 35.5 Å². The van der Waals surface area contributed by atoms with E-state index in [4.69, 9.17) is 0 Å². The van der Waals surface area contributed by atoms with Crippen molar-refractivity contribution in [2.24, 2.45) is 7.05 Å². The molecule has 12 heavy (non-hydrogen) atoms. The maximum absolute atomic E-state index is 11.3. The van der Waals surface area contributed by atoms with Gasteiger partial charge in [0.1, 0.15) is 5.69 Å². The predicted octanol–water partition coefficient (Wildman–Crippen LogP) is -0.259. The summed E-state index contributed by atoms with van der Waals surface area (Å²) in [5.74, 6) is -0.0231. The van der Waals surface area contributed by atoms with Gasteiger partial charge in [0.15, 0.2) is 0 Å². The van der Waals surface area contributed by atoms with Gasteiger partial charge in [-0.15, -0.1) is 0 Å². The van der Waals surface area contributed by atoms with Crippen molar-refractivity contribution in [3.63, 3.8) is 0 Å². The zero-order valence-electron chi connectivity index (χ0n) is 7.90. The zero-order chi connectivity index (χ0) is 8.43. The van der Waals surface area contributed by atoms with Gasteiger partial charge in [0.25, 0.3) is 5.91 Å². The molecule has 0 atom stereocenters. The SMILES string of the molecule is CN(C)C(=O)c1ccnn1C.[Na]. The van der Waals surface area contributed by atoms with E-state index < -0.39 is 0 Å². The first-order valence-electron chi connectivity index (χ1n) is 3.32. The first-order valence-corrected chi connectivity index (χ1v) is 3.32. The third-order valence-electron chi connectivity index (χ3n) is 1.45. The summed E-state index contributed by atoms with van der Waals surface area (Å²) in [5, 5.41) is 3.89. The van der Waals surface area contributed by atoms with Gasteiger partial charge in [0, 0.05) is 56.9 Å². The van der Waals surface area contributed by atoms with Crippen LogP contribution in [0.1, 0.15) is 10.5 Å². The molecule has 0 spiro atoms. The minimum absolute atomic E-state index is 0. The molecule has 1 heterocycles. The van der Waals surface area contributed by atoms with Gasteiger partial charge < -0.3 is 4.90 Å². The van der Waals surface area contributed by atoms with Crippen LogP contribution < -0.4 is 0 Å². The maximum atomic E-state index is 11.3. The third-order valence-corrected chi connectivity index (χ3v) is 1.45. The molecule has 5 heteroatoms. The Morgan fingerprint density at radius 3 is 2.50 bits per heavy atom. The number of aromatic nitrogens is 2. The fourth-order valence-corrected chi connectivity index (χ4v) is 0.813. The van der Waals surface area contributed by atoms with Gasteiger partial charge in [-0.3, -0.25) is 9.48 Å². The van der Waals surface area contributed by atoms with E-state index in [2.05, 4.69) is 5.10 Å². The van der Waals surface area contributed by atoms with E-state index in [0.29, 0.717) is 5.69 Å². The summed E-state index contributed by atoms with van der Waals surface area (Å²) in [6, 6.07) is 1.70. The summed E-state index contributed by atoms with van der Waals surface area (Å²) in [6.07, 6.45) is 1.61. The van der Waals surface area contributed by atoms with Gasteiger partial charge in [-0.2, -0.15) is 5.10 Å². The van der Waals surface area contributed by atoms with E-state index in [0.717, 1.165) is 0 Å². The van der Waals surface area contributed by atoms with Crippen LogP contribution in [0.5, 0.6) is 0 Å². The second kappa shape index (κ2) is 4.64. The Morgan fingerprint density at radius 2 is 2.17 bits per heavy atom. The second-order valence-corrected chi connectivity index (χ2v) is 2.54. The molecule has 61 valence electrons. The van der Waals surface area contributed by atoms with Crippen molar-refractivity contribution in [2.75, 3.05) is 14.1 Å². The Labute approximate surface area is 93.8 Å². The molecule has 4 nitrogen and oxygen atoms in total. The van der Waals surface area contributed by atoms with Crippen molar-refractivity contribution in [3.05, 3.63) is 18.0 Å². The summed E-state index contributed by atoms with van der Waals surface area (Å²) in [6.45, 7) is 0. The minimum atomic E-state index is -0.0231. The fraction of sp³-hybridized carbons (Fsp3) is 0.429. The maximum Gasteiger partial charge on any atom is 0.271 e. The van der Waals surface area contributed by atoms with E-state index in [9.17, 15) is 4.79 Å². The van der Waals surface area contributed by atoms with Gasteiger partial charge in [-0.25, -0.2) is 0 Å². The van der Waals surface area contributed by atoms with Crippen molar-refractivity contribution in [1.29, 1.82) is 0 Å². The molecule has 1 radical (unpaired) electrons. The molecule has 0 fully saturated rings. The Kier molecular flexibility index (Phi) is 4.52. The van der Waals surface area contributed by atoms with Gasteiger partial charge in [-0.05, 0) is 6.07 Å². The topological polar surface area (TPSA) is 38.1 Å². The van der Waals surface area contributed by atoms with Crippen molar-refractivity contribution < 1.29 is 4.79 Å². The number of carbonyl (C=O) groups excluding carboxylic acids is 1. The average molecular weight is 176 g/mol. The molecule has 0 aromatic carbocycles. The third kappa shape index (κ3) is 2.33. The molecule has 1 aromatic heterocycles. The Morgan fingerprint density at radius 1 is 1.58 bits per heavy atom. The van der Waals surface area contributed by atoms with Crippen LogP contribution in [0.15, 0.2) is 12.3 Å². The van der Waals surface area contributed by atoms with Crippen LogP contribution in [-0.2, 0) is 7.05 Å². The molecule has 0 N–H and O–H groups in total. The summed E-state index contributed by atoms with van der Waals surface area (Å²) in [4.78, 5) is 12.8. The first-order chi connectivity index (χ1) is 5.13. The Bertz CT molecular complexity index is 269. The molecule has 0 aliphatic carbocycles. The second-order valence-electron chi connectivity index (χ2n) is 2.54. The van der Waals surface area contributed by atoms with Crippen molar-refractivity contribution in [3.8, 4) is 0 Å². The molecule has 1 rings (SSSR count). The summed E-state index contributed by atoms with van der Waals surface area (Å²) in [7, 11) is 5.18. The van der Waals surface area contributed by atoms with Gasteiger partial charge in [-0.1, -0.05) is 0 Å². The number of aryl methyl sites for hydroxylation is 1. The molecule has 0 bridgehead atoms. The van der Waals surface area contributed by atoms with E-state index >= 15 is 0 Å². The number of nitrogens with zero attached hydrogens (tertiary/aromatic N) is 3. The van der Waals surface area contributed by atoms with E-state index in [-0.39, 0.29) is 35.5 Å². The molecule has 0 unspecified atom stereocenters. The molecular weight excluding hydrogens is 165 g/mol. The van der Waals surface area contributed by atoms with Gasteiger partial charge >= 0.3 is 0 Å². The monoisotopic (exact) mass is 176 g/mol. The van der Waals surface area contributed by atoms with Crippen molar-refractivity contribution in [1.82, 2.24) is 14.7 Å². The molecule has 0 aliphatic rings. The predicted molar refractivity (Wildman–Crippen MR) is 47.0 cm³/mol. The van der Waals surface area contributed by atoms with Crippen LogP contribution in [0.25, 0.3) is 0 Å². The summed E-state index contributed by atoms with van der Waals surface area (Å²) >= 11 is 0. The quantitative estimate of drug-likeness (QED) is 0.553. The first kappa shape index (κ1) is 11.7. The zero-order valence-corrected chi connectivity index (χ0v) is 9.90. The summed E-state index contributed by atoms with van der Waals surface area (Å²) < 4.78 is 1.56. The molecule has 1 amide bonds. The van der Waals surface area contributed by atoms with Crippen LogP contribution in [0.3, 0.4) is 0 Å². The fourth-order valence-electron chi connectivity index (χ4n) is 0.813. The van der Waals surface area contributed by atoms with Gasteiger partial charge in [0.2, 0.25) is 0 Å². The molecule has 0 aliphatic heterocycles. The number of hydrogen-bond donors (Lipinski definition) is 0. The standard InChI is InChI=1S/C7H11N3O.Na/c1-9(2)7(11)6-4-5-8-10(6)3;/h4-5H,1-3H3;. The molecule has 1 aromatic rings. The molecule has 0 saturated heterocycles. The largest absolute Gasteiger partial charge is 0.343 e. The van der Waals surface area contributed by atoms with Crippen LogP contribution in [0.4, 0.5) is 0 Å². The molecule has 0 saturated carbocycles. The normalized spacial score (nSPS) is 8.92. The van der Waals surface area contributed by atoms with E-state index in [1.54, 1.807) is 38.1 Å². The smallest absolute Gasteiger partial charge is 0.271 e. The number of amides is 1. The number of hydrogen-bond acceptors (Lipinski definition) is 2. The summed E-state index contributed by atoms with van der Waals surface area (Å²) in [5.41, 5.74) is 0.606. The van der Waals surface area contributed by atoms with Crippen LogP contribution in [-0.4, -0.2) is 64.2 Å². The van der Waals surface area contributed by atoms with E-state index in [1.807, 2.05) is 0 Å².